The second kappa shape index (κ2) is 6.54. The molecule has 0 saturated carbocycles. The minimum atomic E-state index is -1.05. The van der Waals surface area contributed by atoms with Crippen LogP contribution in [0.1, 0.15) is 29.5 Å². The van der Waals surface area contributed by atoms with Crippen molar-refractivity contribution in [2.24, 2.45) is 0 Å². The van der Waals surface area contributed by atoms with Crippen LogP contribution in [0.25, 0.3) is 0 Å². The van der Waals surface area contributed by atoms with Gasteiger partial charge in [0.1, 0.15) is 12.1 Å². The number of anilines is 1. The lowest BCUT2D eigenvalue weighted by atomic mass is 9.76. The molecule has 1 unspecified atom stereocenters. The number of hydrogen-bond acceptors (Lipinski definition) is 3. The number of carbonyl (C=O) groups is 3. The highest BCUT2D eigenvalue weighted by Gasteiger charge is 2.54. The molecule has 2 N–H and O–H groups in total. The third-order valence-corrected chi connectivity index (χ3v) is 5.25. The van der Waals surface area contributed by atoms with Gasteiger partial charge in [0.2, 0.25) is 5.91 Å². The van der Waals surface area contributed by atoms with Gasteiger partial charge in [-0.15, -0.1) is 0 Å². The van der Waals surface area contributed by atoms with Crippen LogP contribution in [-0.2, 0) is 21.5 Å². The number of aryl methyl sites for hydroxylation is 2. The van der Waals surface area contributed by atoms with Crippen LogP contribution in [0.5, 0.6) is 0 Å². The standard InChI is InChI=1S/C21H21N3O3/c1-14-6-4-9-16(12-14)22-18(25)13-24-19(26)21(23-20(24)27)11-5-8-15-7-2-3-10-17(15)21/h2-4,6-7,9-10,12H,5,8,11,13H2,1H3,(H,22,25)(H,23,27). The fourth-order valence-corrected chi connectivity index (χ4v) is 4.02. The number of carbonyl (C=O) groups excluding carboxylic acids is 3. The van der Waals surface area contributed by atoms with Crippen LogP contribution in [0.15, 0.2) is 48.5 Å². The maximum absolute atomic E-state index is 13.2. The summed E-state index contributed by atoms with van der Waals surface area (Å²) in [6.07, 6.45) is 2.24. The highest BCUT2D eigenvalue weighted by atomic mass is 16.2. The molecule has 2 aromatic carbocycles. The van der Waals surface area contributed by atoms with Gasteiger partial charge in [-0.3, -0.25) is 14.5 Å². The number of fused-ring (bicyclic) bond motifs is 2. The van der Waals surface area contributed by atoms with E-state index in [4.69, 9.17) is 0 Å². The lowest BCUT2D eigenvalue weighted by Crippen LogP contribution is -2.47. The van der Waals surface area contributed by atoms with Crippen LogP contribution in [-0.4, -0.2) is 29.3 Å². The second-order valence-electron chi connectivity index (χ2n) is 7.16. The molecule has 6 nitrogen and oxygen atoms in total. The van der Waals surface area contributed by atoms with Crippen LogP contribution in [0, 0.1) is 6.92 Å². The molecule has 1 fully saturated rings. The smallest absolute Gasteiger partial charge is 0.325 e. The van der Waals surface area contributed by atoms with Crippen LogP contribution < -0.4 is 10.6 Å². The Morgan fingerprint density at radius 2 is 2.00 bits per heavy atom. The Balaban J connectivity index is 1.55. The van der Waals surface area contributed by atoms with E-state index in [0.717, 1.165) is 34.4 Å². The van der Waals surface area contributed by atoms with E-state index in [1.165, 1.54) is 0 Å². The van der Waals surface area contributed by atoms with E-state index in [-0.39, 0.29) is 12.5 Å². The van der Waals surface area contributed by atoms with Gasteiger partial charge >= 0.3 is 6.03 Å². The minimum Gasteiger partial charge on any atom is -0.325 e. The minimum absolute atomic E-state index is 0.303. The Morgan fingerprint density at radius 3 is 2.81 bits per heavy atom. The van der Waals surface area contributed by atoms with E-state index >= 15 is 0 Å². The van der Waals surface area contributed by atoms with Crippen molar-refractivity contribution >= 4 is 23.5 Å². The van der Waals surface area contributed by atoms with Gasteiger partial charge in [0.05, 0.1) is 0 Å². The third kappa shape index (κ3) is 2.97. The maximum Gasteiger partial charge on any atom is 0.325 e. The summed E-state index contributed by atoms with van der Waals surface area (Å²) >= 11 is 0. The first-order chi connectivity index (χ1) is 13.0. The summed E-state index contributed by atoms with van der Waals surface area (Å²) in [5.41, 5.74) is 2.53. The van der Waals surface area contributed by atoms with E-state index in [1.54, 1.807) is 6.07 Å². The molecule has 1 spiro atoms. The first kappa shape index (κ1) is 17.3. The molecule has 1 heterocycles. The molecular weight excluding hydrogens is 342 g/mol. The summed E-state index contributed by atoms with van der Waals surface area (Å²) in [5.74, 6) is -0.746. The number of urea groups is 1. The number of rotatable bonds is 3. The lowest BCUT2D eigenvalue weighted by molar-refractivity contribution is -0.134. The lowest BCUT2D eigenvalue weighted by Gasteiger charge is -2.33. The molecule has 0 radical (unpaired) electrons. The Kier molecular flexibility index (Phi) is 4.18. The average Bonchev–Trinajstić information content (AvgIpc) is 2.87. The Labute approximate surface area is 157 Å². The van der Waals surface area contributed by atoms with Crippen molar-refractivity contribution in [2.45, 2.75) is 31.7 Å². The zero-order chi connectivity index (χ0) is 19.0. The van der Waals surface area contributed by atoms with Crippen LogP contribution in [0.3, 0.4) is 0 Å². The van der Waals surface area contributed by atoms with Crippen molar-refractivity contribution < 1.29 is 14.4 Å². The number of nitrogens with one attached hydrogen (secondary N) is 2. The molecule has 2 aromatic rings. The van der Waals surface area contributed by atoms with Crippen molar-refractivity contribution in [3.63, 3.8) is 0 Å². The highest BCUT2D eigenvalue weighted by Crippen LogP contribution is 2.39. The van der Waals surface area contributed by atoms with E-state index in [0.29, 0.717) is 12.1 Å². The number of amides is 4. The summed E-state index contributed by atoms with van der Waals surface area (Å²) in [6.45, 7) is 1.62. The largest absolute Gasteiger partial charge is 0.325 e. The van der Waals surface area contributed by atoms with Gasteiger partial charge in [-0.25, -0.2) is 4.79 Å². The maximum atomic E-state index is 13.2. The predicted molar refractivity (Wildman–Crippen MR) is 101 cm³/mol. The number of nitrogens with zero attached hydrogens (tertiary/aromatic N) is 1. The van der Waals surface area contributed by atoms with E-state index in [2.05, 4.69) is 10.6 Å². The molecule has 1 aliphatic carbocycles. The first-order valence-electron chi connectivity index (χ1n) is 9.09. The predicted octanol–water partition coefficient (Wildman–Crippen LogP) is 2.72. The van der Waals surface area contributed by atoms with Crippen molar-refractivity contribution in [3.05, 3.63) is 65.2 Å². The third-order valence-electron chi connectivity index (χ3n) is 5.25. The van der Waals surface area contributed by atoms with Gasteiger partial charge < -0.3 is 10.6 Å². The van der Waals surface area contributed by atoms with E-state index in [1.807, 2.05) is 49.4 Å². The van der Waals surface area contributed by atoms with Crippen LogP contribution >= 0.6 is 0 Å². The normalized spacial score (nSPS) is 21.1. The zero-order valence-electron chi connectivity index (χ0n) is 15.1. The Bertz CT molecular complexity index is 940. The molecule has 4 rings (SSSR count). The van der Waals surface area contributed by atoms with Crippen molar-refractivity contribution in [1.82, 2.24) is 10.2 Å². The quantitative estimate of drug-likeness (QED) is 0.823. The highest BCUT2D eigenvalue weighted by molar-refractivity contribution is 6.10. The Morgan fingerprint density at radius 1 is 1.19 bits per heavy atom. The summed E-state index contributed by atoms with van der Waals surface area (Å²) < 4.78 is 0. The summed E-state index contributed by atoms with van der Waals surface area (Å²) in [7, 11) is 0. The SMILES string of the molecule is Cc1cccc(NC(=O)CN2C(=O)NC3(CCCc4ccccc43)C2=O)c1. The van der Waals surface area contributed by atoms with Gasteiger partial charge in [0.15, 0.2) is 0 Å². The molecule has 1 atom stereocenters. The molecule has 2 aliphatic rings. The Hall–Kier alpha value is -3.15. The molecular formula is C21H21N3O3. The van der Waals surface area contributed by atoms with Gasteiger partial charge in [-0.2, -0.15) is 0 Å². The first-order valence-corrected chi connectivity index (χ1v) is 9.09. The molecule has 6 heteroatoms. The summed E-state index contributed by atoms with van der Waals surface area (Å²) in [6, 6.07) is 14.6. The number of benzene rings is 2. The zero-order valence-corrected chi connectivity index (χ0v) is 15.1. The second-order valence-corrected chi connectivity index (χ2v) is 7.16. The van der Waals surface area contributed by atoms with E-state index in [9.17, 15) is 14.4 Å². The van der Waals surface area contributed by atoms with Crippen LogP contribution in [0.2, 0.25) is 0 Å². The molecule has 27 heavy (non-hydrogen) atoms. The fraction of sp³-hybridized carbons (Fsp3) is 0.286. The molecule has 1 aliphatic heterocycles. The summed E-state index contributed by atoms with van der Waals surface area (Å²) in [5, 5.41) is 5.61. The molecule has 0 bridgehead atoms. The monoisotopic (exact) mass is 363 g/mol. The van der Waals surface area contributed by atoms with Gasteiger partial charge in [0.25, 0.3) is 5.91 Å². The van der Waals surface area contributed by atoms with E-state index < -0.39 is 17.5 Å². The fourth-order valence-electron chi connectivity index (χ4n) is 4.02. The number of hydrogen-bond donors (Lipinski definition) is 2. The topological polar surface area (TPSA) is 78.5 Å². The molecule has 0 aromatic heterocycles. The number of imide groups is 1. The summed E-state index contributed by atoms with van der Waals surface area (Å²) in [4.78, 5) is 39.1. The van der Waals surface area contributed by atoms with Gasteiger partial charge in [-0.1, -0.05) is 36.4 Å². The van der Waals surface area contributed by atoms with Gasteiger partial charge in [0, 0.05) is 5.69 Å². The van der Waals surface area contributed by atoms with Gasteiger partial charge in [-0.05, 0) is 55.0 Å². The van der Waals surface area contributed by atoms with Crippen molar-refractivity contribution in [1.29, 1.82) is 0 Å². The van der Waals surface area contributed by atoms with Crippen LogP contribution in [0.4, 0.5) is 10.5 Å². The molecule has 4 amide bonds. The van der Waals surface area contributed by atoms with Crippen molar-refractivity contribution in [3.8, 4) is 0 Å². The molecule has 1 saturated heterocycles. The molecule has 138 valence electrons. The average molecular weight is 363 g/mol. The van der Waals surface area contributed by atoms with Crippen molar-refractivity contribution in [2.75, 3.05) is 11.9 Å².